The van der Waals surface area contributed by atoms with E-state index in [1.807, 2.05) is 0 Å². The Morgan fingerprint density at radius 3 is 2.30 bits per heavy atom. The fourth-order valence-electron chi connectivity index (χ4n) is 1.56. The van der Waals surface area contributed by atoms with Gasteiger partial charge in [0.05, 0.1) is 15.0 Å². The van der Waals surface area contributed by atoms with Crippen molar-refractivity contribution in [2.75, 3.05) is 12.4 Å². The molecule has 2 aromatic carbocycles. The topological polar surface area (TPSA) is 64.4 Å². The first kappa shape index (κ1) is 14.4. The third kappa shape index (κ3) is 3.12. The van der Waals surface area contributed by atoms with Gasteiger partial charge in [0, 0.05) is 24.9 Å². The first-order valence-electron chi connectivity index (χ1n) is 5.60. The van der Waals surface area contributed by atoms with Gasteiger partial charge in [0.1, 0.15) is 5.75 Å². The van der Waals surface area contributed by atoms with Gasteiger partial charge in [-0.3, -0.25) is 10.1 Å². The number of nitrogens with zero attached hydrogens (tertiary/aromatic N) is 1. The van der Waals surface area contributed by atoms with Crippen LogP contribution in [0.25, 0.3) is 0 Å². The van der Waals surface area contributed by atoms with Crippen molar-refractivity contribution in [3.63, 3.8) is 0 Å². The second-order valence-electron chi connectivity index (χ2n) is 3.87. The number of halogens is 2. The molecule has 0 aromatic heterocycles. The van der Waals surface area contributed by atoms with Gasteiger partial charge < -0.3 is 10.1 Å². The second-order valence-corrected chi connectivity index (χ2v) is 4.68. The van der Waals surface area contributed by atoms with Gasteiger partial charge in [-0.2, -0.15) is 0 Å². The monoisotopic (exact) mass is 312 g/mol. The summed E-state index contributed by atoms with van der Waals surface area (Å²) < 4.78 is 5.49. The summed E-state index contributed by atoms with van der Waals surface area (Å²) in [6, 6.07) is 9.46. The van der Waals surface area contributed by atoms with E-state index in [-0.39, 0.29) is 21.5 Å². The van der Waals surface area contributed by atoms with Crippen LogP contribution in [0.2, 0.25) is 10.0 Å². The van der Waals surface area contributed by atoms with Crippen LogP contribution in [0, 0.1) is 10.1 Å². The van der Waals surface area contributed by atoms with E-state index in [9.17, 15) is 10.1 Å². The zero-order chi connectivity index (χ0) is 14.7. The number of rotatable bonds is 4. The highest BCUT2D eigenvalue weighted by Gasteiger charge is 2.19. The maximum absolute atomic E-state index is 11.0. The molecule has 0 radical (unpaired) electrons. The summed E-state index contributed by atoms with van der Waals surface area (Å²) in [7, 11) is 1.79. The molecule has 1 N–H and O–H groups in total. The van der Waals surface area contributed by atoms with Crippen LogP contribution in [-0.2, 0) is 0 Å². The minimum absolute atomic E-state index is 0.0432. The average Bonchev–Trinajstić information content (AvgIpc) is 2.43. The number of anilines is 1. The second kappa shape index (κ2) is 5.98. The van der Waals surface area contributed by atoms with Crippen molar-refractivity contribution in [1.82, 2.24) is 0 Å². The summed E-state index contributed by atoms with van der Waals surface area (Å²) in [5.41, 5.74) is 0.665. The predicted molar refractivity (Wildman–Crippen MR) is 79.2 cm³/mol. The largest absolute Gasteiger partial charge is 0.450 e. The number of hydrogen-bond acceptors (Lipinski definition) is 4. The summed E-state index contributed by atoms with van der Waals surface area (Å²) in [4.78, 5) is 10.4. The van der Waals surface area contributed by atoms with Gasteiger partial charge in [-0.15, -0.1) is 0 Å². The minimum atomic E-state index is -0.570. The summed E-state index contributed by atoms with van der Waals surface area (Å²) >= 11 is 11.6. The van der Waals surface area contributed by atoms with Crippen LogP contribution < -0.4 is 10.1 Å². The molecule has 104 valence electrons. The Bertz CT molecular complexity index is 645. The highest BCUT2D eigenvalue weighted by Crippen LogP contribution is 2.38. The summed E-state index contributed by atoms with van der Waals surface area (Å²) in [6.07, 6.45) is 0. The quantitative estimate of drug-likeness (QED) is 0.654. The lowest BCUT2D eigenvalue weighted by Gasteiger charge is -2.08. The van der Waals surface area contributed by atoms with Gasteiger partial charge in [0.2, 0.25) is 5.75 Å². The van der Waals surface area contributed by atoms with Crippen molar-refractivity contribution >= 4 is 34.6 Å². The zero-order valence-electron chi connectivity index (χ0n) is 10.4. The first-order chi connectivity index (χ1) is 9.51. The predicted octanol–water partition coefficient (Wildman–Crippen LogP) is 4.74. The summed E-state index contributed by atoms with van der Waals surface area (Å²) in [5.74, 6) is 0.507. The Hall–Kier alpha value is -1.98. The molecule has 0 aliphatic carbocycles. The van der Waals surface area contributed by atoms with Gasteiger partial charge in [0.15, 0.2) is 0 Å². The van der Waals surface area contributed by atoms with E-state index in [0.717, 1.165) is 5.69 Å². The molecule has 20 heavy (non-hydrogen) atoms. The first-order valence-corrected chi connectivity index (χ1v) is 6.36. The molecule has 0 saturated heterocycles. The highest BCUT2D eigenvalue weighted by molar-refractivity contribution is 6.42. The van der Waals surface area contributed by atoms with Crippen molar-refractivity contribution in [3.05, 3.63) is 56.6 Å². The van der Waals surface area contributed by atoms with E-state index < -0.39 is 4.92 Å². The van der Waals surface area contributed by atoms with Crippen molar-refractivity contribution in [1.29, 1.82) is 0 Å². The van der Waals surface area contributed by atoms with Gasteiger partial charge in [0.25, 0.3) is 0 Å². The molecule has 0 aliphatic heterocycles. The molecule has 0 spiro atoms. The molecule has 0 amide bonds. The van der Waals surface area contributed by atoms with Crippen LogP contribution >= 0.6 is 23.2 Å². The highest BCUT2D eigenvalue weighted by atomic mass is 35.5. The van der Waals surface area contributed by atoms with Crippen LogP contribution in [0.3, 0.4) is 0 Å². The van der Waals surface area contributed by atoms with Crippen molar-refractivity contribution in [2.24, 2.45) is 0 Å². The summed E-state index contributed by atoms with van der Waals surface area (Å²) in [5, 5.41) is 14.3. The van der Waals surface area contributed by atoms with E-state index in [4.69, 9.17) is 27.9 Å². The maximum atomic E-state index is 11.0. The normalized spacial score (nSPS) is 10.2. The SMILES string of the molecule is CNc1ccc(Oc2cc(Cl)c(Cl)cc2[N+](=O)[O-])cc1. The molecule has 0 saturated carbocycles. The minimum Gasteiger partial charge on any atom is -0.450 e. The van der Waals surface area contributed by atoms with E-state index >= 15 is 0 Å². The van der Waals surface area contributed by atoms with E-state index in [1.165, 1.54) is 12.1 Å². The average molecular weight is 313 g/mol. The molecule has 2 rings (SSSR count). The molecular weight excluding hydrogens is 303 g/mol. The van der Waals surface area contributed by atoms with Crippen LogP contribution in [0.4, 0.5) is 11.4 Å². The third-order valence-electron chi connectivity index (χ3n) is 2.57. The Balaban J connectivity index is 2.36. The lowest BCUT2D eigenvalue weighted by molar-refractivity contribution is -0.385. The molecule has 0 unspecified atom stereocenters. The lowest BCUT2D eigenvalue weighted by atomic mass is 10.2. The Morgan fingerprint density at radius 2 is 1.75 bits per heavy atom. The molecule has 0 aliphatic rings. The molecule has 2 aromatic rings. The number of nitro benzene ring substituents is 1. The van der Waals surface area contributed by atoms with Gasteiger partial charge >= 0.3 is 5.69 Å². The third-order valence-corrected chi connectivity index (χ3v) is 3.29. The number of nitro groups is 1. The molecule has 5 nitrogen and oxygen atoms in total. The fraction of sp³-hybridized carbons (Fsp3) is 0.0769. The van der Waals surface area contributed by atoms with E-state index in [2.05, 4.69) is 5.32 Å². The Morgan fingerprint density at radius 1 is 1.15 bits per heavy atom. The van der Waals surface area contributed by atoms with Crippen LogP contribution in [0.1, 0.15) is 0 Å². The Kier molecular flexibility index (Phi) is 4.32. The molecule has 0 heterocycles. The van der Waals surface area contributed by atoms with Gasteiger partial charge in [-0.25, -0.2) is 0 Å². The lowest BCUT2D eigenvalue weighted by Crippen LogP contribution is -1.94. The van der Waals surface area contributed by atoms with Crippen LogP contribution in [-0.4, -0.2) is 12.0 Å². The van der Waals surface area contributed by atoms with E-state index in [0.29, 0.717) is 5.75 Å². The standard InChI is InChI=1S/C13H10Cl2N2O3/c1-16-8-2-4-9(5-3-8)20-13-7-11(15)10(14)6-12(13)17(18)19/h2-7,16H,1H3. The maximum Gasteiger partial charge on any atom is 0.313 e. The van der Waals surface area contributed by atoms with Gasteiger partial charge in [-0.1, -0.05) is 23.2 Å². The van der Waals surface area contributed by atoms with Crippen molar-refractivity contribution in [3.8, 4) is 11.5 Å². The Labute approximate surface area is 125 Å². The van der Waals surface area contributed by atoms with Crippen LogP contribution in [0.15, 0.2) is 36.4 Å². The zero-order valence-corrected chi connectivity index (χ0v) is 11.9. The molecule has 0 atom stereocenters. The van der Waals surface area contributed by atoms with Crippen molar-refractivity contribution < 1.29 is 9.66 Å². The molecule has 0 fully saturated rings. The number of hydrogen-bond donors (Lipinski definition) is 1. The number of benzene rings is 2. The fourth-order valence-corrected chi connectivity index (χ4v) is 1.87. The van der Waals surface area contributed by atoms with Gasteiger partial charge in [-0.05, 0) is 24.3 Å². The van der Waals surface area contributed by atoms with Crippen LogP contribution in [0.5, 0.6) is 11.5 Å². The molecule has 0 bridgehead atoms. The van der Waals surface area contributed by atoms with E-state index in [1.54, 1.807) is 31.3 Å². The number of ether oxygens (including phenoxy) is 1. The number of nitrogens with one attached hydrogen (secondary N) is 1. The van der Waals surface area contributed by atoms with Crippen molar-refractivity contribution in [2.45, 2.75) is 0 Å². The molecule has 7 heteroatoms. The smallest absolute Gasteiger partial charge is 0.313 e. The molecular formula is C13H10Cl2N2O3. The summed E-state index contributed by atoms with van der Waals surface area (Å²) in [6.45, 7) is 0.